The third-order valence-electron chi connectivity index (χ3n) is 5.42. The van der Waals surface area contributed by atoms with Crippen LogP contribution in [0, 0.1) is 6.92 Å². The summed E-state index contributed by atoms with van der Waals surface area (Å²) in [6.07, 6.45) is 2.18. The molecule has 1 spiro atoms. The molecule has 1 aromatic heterocycles. The summed E-state index contributed by atoms with van der Waals surface area (Å²) < 4.78 is 17.6. The zero-order valence-corrected chi connectivity index (χ0v) is 16.2. The van der Waals surface area contributed by atoms with E-state index in [4.69, 9.17) is 14.2 Å². The number of aromatic nitrogens is 1. The Balaban J connectivity index is 1.27. The van der Waals surface area contributed by atoms with Gasteiger partial charge in [0.15, 0.2) is 0 Å². The van der Waals surface area contributed by atoms with Crippen LogP contribution in [0.3, 0.4) is 0 Å². The smallest absolute Gasteiger partial charge is 0.119 e. The lowest BCUT2D eigenvalue weighted by molar-refractivity contribution is -0.200. The van der Waals surface area contributed by atoms with Crippen LogP contribution >= 0.6 is 0 Å². The van der Waals surface area contributed by atoms with Crippen molar-refractivity contribution in [3.05, 3.63) is 59.4 Å². The molecule has 1 atom stereocenters. The predicted octanol–water partition coefficient (Wildman–Crippen LogP) is 3.35. The van der Waals surface area contributed by atoms with Gasteiger partial charge in [-0.3, -0.25) is 9.88 Å². The van der Waals surface area contributed by atoms with Crippen molar-refractivity contribution in [1.82, 2.24) is 9.88 Å². The Morgan fingerprint density at radius 2 is 2.07 bits per heavy atom. The number of ether oxygens (including phenoxy) is 3. The molecule has 0 bridgehead atoms. The number of likely N-dealkylation sites (tertiary alicyclic amines) is 1. The van der Waals surface area contributed by atoms with E-state index in [-0.39, 0.29) is 11.7 Å². The summed E-state index contributed by atoms with van der Waals surface area (Å²) in [4.78, 5) is 6.96. The standard InChI is InChI=1S/C22H28N2O3/c1-17-5-3-7-19(23-17)14-26-21-9-10-27-22(12-21)15-24(16-22)13-18-6-4-8-20(11-18)25-2/h3-8,11,21H,9-10,12-16H2,1-2H3/t21-/m0/s1. The summed E-state index contributed by atoms with van der Waals surface area (Å²) in [6.45, 7) is 6.23. The molecular weight excluding hydrogens is 340 g/mol. The Morgan fingerprint density at radius 3 is 2.89 bits per heavy atom. The highest BCUT2D eigenvalue weighted by atomic mass is 16.5. The largest absolute Gasteiger partial charge is 0.497 e. The fraction of sp³-hybridized carbons (Fsp3) is 0.500. The number of hydrogen-bond acceptors (Lipinski definition) is 5. The fourth-order valence-electron chi connectivity index (χ4n) is 4.14. The highest BCUT2D eigenvalue weighted by molar-refractivity contribution is 5.28. The van der Waals surface area contributed by atoms with Crippen LogP contribution in [0.2, 0.25) is 0 Å². The Morgan fingerprint density at radius 1 is 1.22 bits per heavy atom. The first-order chi connectivity index (χ1) is 13.1. The second-order valence-corrected chi connectivity index (χ2v) is 7.72. The highest BCUT2D eigenvalue weighted by Gasteiger charge is 2.47. The van der Waals surface area contributed by atoms with Crippen LogP contribution in [-0.4, -0.2) is 48.4 Å². The van der Waals surface area contributed by atoms with Gasteiger partial charge in [-0.05, 0) is 43.2 Å². The maximum atomic E-state index is 6.16. The number of methoxy groups -OCH3 is 1. The van der Waals surface area contributed by atoms with Crippen LogP contribution in [0.25, 0.3) is 0 Å². The lowest BCUT2D eigenvalue weighted by Gasteiger charge is -2.53. The molecule has 2 aromatic rings. The maximum Gasteiger partial charge on any atom is 0.119 e. The summed E-state index contributed by atoms with van der Waals surface area (Å²) >= 11 is 0. The average Bonchev–Trinajstić information content (AvgIpc) is 2.66. The molecule has 0 radical (unpaired) electrons. The topological polar surface area (TPSA) is 43.8 Å². The minimum Gasteiger partial charge on any atom is -0.497 e. The maximum absolute atomic E-state index is 6.16. The molecule has 5 heteroatoms. The summed E-state index contributed by atoms with van der Waals surface area (Å²) in [5.41, 5.74) is 3.27. The van der Waals surface area contributed by atoms with E-state index in [0.29, 0.717) is 6.61 Å². The van der Waals surface area contributed by atoms with Crippen molar-refractivity contribution in [1.29, 1.82) is 0 Å². The second kappa shape index (κ2) is 7.97. The first-order valence-electron chi connectivity index (χ1n) is 9.68. The molecule has 1 aromatic carbocycles. The Bertz CT molecular complexity index is 774. The fourth-order valence-corrected chi connectivity index (χ4v) is 4.14. The first-order valence-corrected chi connectivity index (χ1v) is 9.68. The first kappa shape index (κ1) is 18.4. The molecule has 0 aliphatic carbocycles. The van der Waals surface area contributed by atoms with Gasteiger partial charge in [0, 0.05) is 38.4 Å². The number of aryl methyl sites for hydroxylation is 1. The van der Waals surface area contributed by atoms with Crippen molar-refractivity contribution in [2.75, 3.05) is 26.8 Å². The van der Waals surface area contributed by atoms with Gasteiger partial charge in [-0.15, -0.1) is 0 Å². The van der Waals surface area contributed by atoms with Crippen molar-refractivity contribution < 1.29 is 14.2 Å². The van der Waals surface area contributed by atoms with Gasteiger partial charge in [0.2, 0.25) is 0 Å². The van der Waals surface area contributed by atoms with Gasteiger partial charge in [-0.1, -0.05) is 18.2 Å². The molecular formula is C22H28N2O3. The molecule has 27 heavy (non-hydrogen) atoms. The van der Waals surface area contributed by atoms with Gasteiger partial charge < -0.3 is 14.2 Å². The molecule has 2 saturated heterocycles. The van der Waals surface area contributed by atoms with Gasteiger partial charge in [-0.25, -0.2) is 0 Å². The Hall–Kier alpha value is -1.95. The lowest BCUT2D eigenvalue weighted by Crippen LogP contribution is -2.65. The van der Waals surface area contributed by atoms with Gasteiger partial charge in [0.05, 0.1) is 31.1 Å². The number of pyridine rings is 1. The van der Waals surface area contributed by atoms with Crippen LogP contribution in [0.15, 0.2) is 42.5 Å². The molecule has 144 valence electrons. The van der Waals surface area contributed by atoms with E-state index >= 15 is 0 Å². The van der Waals surface area contributed by atoms with Crippen LogP contribution in [0.5, 0.6) is 5.75 Å². The molecule has 0 amide bonds. The van der Waals surface area contributed by atoms with E-state index in [1.807, 2.05) is 37.3 Å². The third kappa shape index (κ3) is 4.49. The molecule has 2 fully saturated rings. The monoisotopic (exact) mass is 368 g/mol. The van der Waals surface area contributed by atoms with Gasteiger partial charge in [-0.2, -0.15) is 0 Å². The van der Waals surface area contributed by atoms with Gasteiger partial charge in [0.1, 0.15) is 5.75 Å². The third-order valence-corrected chi connectivity index (χ3v) is 5.42. The van der Waals surface area contributed by atoms with Gasteiger partial charge >= 0.3 is 0 Å². The molecule has 3 heterocycles. The normalized spacial score (nSPS) is 21.8. The molecule has 2 aliphatic heterocycles. The minimum atomic E-state index is -0.0399. The summed E-state index contributed by atoms with van der Waals surface area (Å²) in [7, 11) is 1.71. The Kier molecular flexibility index (Phi) is 5.43. The molecule has 2 aliphatic rings. The summed E-state index contributed by atoms with van der Waals surface area (Å²) in [6, 6.07) is 14.4. The van der Waals surface area contributed by atoms with Crippen molar-refractivity contribution >= 4 is 0 Å². The van der Waals surface area contributed by atoms with E-state index in [1.54, 1.807) is 7.11 Å². The molecule has 0 N–H and O–H groups in total. The number of benzene rings is 1. The zero-order chi connectivity index (χ0) is 18.7. The van der Waals surface area contributed by atoms with E-state index in [1.165, 1.54) is 5.56 Å². The predicted molar refractivity (Wildman–Crippen MR) is 104 cm³/mol. The van der Waals surface area contributed by atoms with Crippen LogP contribution in [0.4, 0.5) is 0 Å². The SMILES string of the molecule is COc1cccc(CN2CC3(C[C@@H](OCc4cccc(C)n4)CCO3)C2)c1. The highest BCUT2D eigenvalue weighted by Crippen LogP contribution is 2.36. The minimum absolute atomic E-state index is 0.0399. The van der Waals surface area contributed by atoms with E-state index in [9.17, 15) is 0 Å². The van der Waals surface area contributed by atoms with Crippen LogP contribution < -0.4 is 4.74 Å². The lowest BCUT2D eigenvalue weighted by atomic mass is 9.84. The number of hydrogen-bond donors (Lipinski definition) is 0. The second-order valence-electron chi connectivity index (χ2n) is 7.72. The number of rotatable bonds is 6. The van der Waals surface area contributed by atoms with Crippen molar-refractivity contribution in [3.8, 4) is 5.75 Å². The van der Waals surface area contributed by atoms with E-state index < -0.39 is 0 Å². The molecule has 0 unspecified atom stereocenters. The van der Waals surface area contributed by atoms with Gasteiger partial charge in [0.25, 0.3) is 0 Å². The van der Waals surface area contributed by atoms with E-state index in [2.05, 4.69) is 22.0 Å². The zero-order valence-electron chi connectivity index (χ0n) is 16.2. The Labute approximate surface area is 161 Å². The van der Waals surface area contributed by atoms with Crippen LogP contribution in [0.1, 0.15) is 29.8 Å². The summed E-state index contributed by atoms with van der Waals surface area (Å²) in [5.74, 6) is 0.912. The van der Waals surface area contributed by atoms with Crippen molar-refractivity contribution in [2.45, 2.75) is 44.6 Å². The van der Waals surface area contributed by atoms with Crippen molar-refractivity contribution in [3.63, 3.8) is 0 Å². The summed E-state index contributed by atoms with van der Waals surface area (Å²) in [5, 5.41) is 0. The quantitative estimate of drug-likeness (QED) is 0.782. The van der Waals surface area contributed by atoms with Crippen LogP contribution in [-0.2, 0) is 22.6 Å². The van der Waals surface area contributed by atoms with E-state index in [0.717, 1.165) is 56.2 Å². The molecule has 4 rings (SSSR count). The molecule has 5 nitrogen and oxygen atoms in total. The number of nitrogens with zero attached hydrogens (tertiary/aromatic N) is 2. The molecule has 0 saturated carbocycles. The average molecular weight is 368 g/mol. The van der Waals surface area contributed by atoms with Crippen molar-refractivity contribution in [2.24, 2.45) is 0 Å².